The Morgan fingerprint density at radius 2 is 1.48 bits per heavy atom. The van der Waals surface area contributed by atoms with E-state index in [1.165, 1.54) is 0 Å². The fraction of sp³-hybridized carbons (Fsp3) is 0.467. The number of nitrogens with two attached hydrogens (primary N) is 1. The first-order chi connectivity index (χ1) is 9.49. The molecule has 0 aromatic heterocycles. The Labute approximate surface area is 131 Å². The molecule has 2 rings (SSSR count). The maximum atomic E-state index is 12.3. The van der Waals surface area contributed by atoms with Gasteiger partial charge in [-0.2, -0.15) is 0 Å². The summed E-state index contributed by atoms with van der Waals surface area (Å²) in [4.78, 5) is 27.8. The molecule has 0 bridgehead atoms. The predicted octanol–water partition coefficient (Wildman–Crippen LogP) is 1.63. The predicted molar refractivity (Wildman–Crippen MR) is 85.4 cm³/mol. The van der Waals surface area contributed by atoms with E-state index in [1.807, 2.05) is 18.7 Å². The molecule has 0 unspecified atom stereocenters. The van der Waals surface area contributed by atoms with Crippen molar-refractivity contribution in [2.75, 3.05) is 31.9 Å². The number of carbonyl (C=O) groups is 2. The molecular formula is C15H22ClN3O2. The van der Waals surface area contributed by atoms with E-state index in [9.17, 15) is 9.59 Å². The second-order valence-corrected chi connectivity index (χ2v) is 5.39. The van der Waals surface area contributed by atoms with E-state index in [4.69, 9.17) is 5.73 Å². The Balaban J connectivity index is 0.00000220. The van der Waals surface area contributed by atoms with E-state index in [2.05, 4.69) is 0 Å². The van der Waals surface area contributed by atoms with Gasteiger partial charge in [0.1, 0.15) is 0 Å². The van der Waals surface area contributed by atoms with Gasteiger partial charge < -0.3 is 15.5 Å². The van der Waals surface area contributed by atoms with Crippen LogP contribution in [-0.2, 0) is 4.79 Å². The molecule has 0 spiro atoms. The van der Waals surface area contributed by atoms with Gasteiger partial charge in [-0.05, 0) is 24.3 Å². The second-order valence-electron chi connectivity index (χ2n) is 5.39. The number of nitrogens with zero attached hydrogens (tertiary/aromatic N) is 2. The molecule has 0 saturated carbocycles. The number of hydrogen-bond acceptors (Lipinski definition) is 3. The first-order valence-electron chi connectivity index (χ1n) is 6.92. The molecule has 1 aliphatic heterocycles. The van der Waals surface area contributed by atoms with E-state index >= 15 is 0 Å². The third kappa shape index (κ3) is 4.11. The van der Waals surface area contributed by atoms with Gasteiger partial charge in [-0.1, -0.05) is 13.8 Å². The van der Waals surface area contributed by atoms with Gasteiger partial charge in [-0.25, -0.2) is 0 Å². The van der Waals surface area contributed by atoms with Gasteiger partial charge >= 0.3 is 0 Å². The Kier molecular flexibility index (Phi) is 6.03. The lowest BCUT2D eigenvalue weighted by Crippen LogP contribution is -2.51. The standard InChI is InChI=1S/C15H21N3O2.ClH/c1-11(2)14(19)17-7-9-18(10-8-17)15(20)12-3-5-13(16)6-4-12;/h3-6,11H,7-10,16H2,1-2H3;1H. The topological polar surface area (TPSA) is 66.6 Å². The minimum atomic E-state index is 0. The van der Waals surface area contributed by atoms with E-state index in [1.54, 1.807) is 29.2 Å². The SMILES string of the molecule is CC(C)C(=O)N1CCN(C(=O)c2ccc(N)cc2)CC1.Cl. The summed E-state index contributed by atoms with van der Waals surface area (Å²) in [7, 11) is 0. The van der Waals surface area contributed by atoms with Gasteiger partial charge in [0.15, 0.2) is 0 Å². The summed E-state index contributed by atoms with van der Waals surface area (Å²) < 4.78 is 0. The monoisotopic (exact) mass is 311 g/mol. The van der Waals surface area contributed by atoms with Crippen LogP contribution >= 0.6 is 12.4 Å². The van der Waals surface area contributed by atoms with Gasteiger partial charge in [0.2, 0.25) is 5.91 Å². The first-order valence-corrected chi connectivity index (χ1v) is 6.92. The quantitative estimate of drug-likeness (QED) is 0.844. The molecule has 1 heterocycles. The number of nitrogen functional groups attached to an aromatic ring is 1. The fourth-order valence-corrected chi connectivity index (χ4v) is 2.30. The maximum Gasteiger partial charge on any atom is 0.253 e. The van der Waals surface area contributed by atoms with E-state index < -0.39 is 0 Å². The molecule has 1 fully saturated rings. The minimum absolute atomic E-state index is 0. The Hall–Kier alpha value is -1.75. The summed E-state index contributed by atoms with van der Waals surface area (Å²) in [5.74, 6) is 0.167. The highest BCUT2D eigenvalue weighted by Gasteiger charge is 2.25. The molecule has 2 amide bonds. The Morgan fingerprint density at radius 3 is 1.95 bits per heavy atom. The molecule has 6 heteroatoms. The van der Waals surface area contributed by atoms with Gasteiger partial charge in [-0.3, -0.25) is 9.59 Å². The number of carbonyl (C=O) groups excluding carboxylic acids is 2. The lowest BCUT2D eigenvalue weighted by Gasteiger charge is -2.35. The summed E-state index contributed by atoms with van der Waals surface area (Å²) in [6.45, 7) is 6.18. The van der Waals surface area contributed by atoms with Crippen LogP contribution in [0.15, 0.2) is 24.3 Å². The average Bonchev–Trinajstić information content (AvgIpc) is 2.46. The van der Waals surface area contributed by atoms with E-state index in [0.717, 1.165) is 0 Å². The van der Waals surface area contributed by atoms with E-state index in [0.29, 0.717) is 37.4 Å². The van der Waals surface area contributed by atoms with Crippen LogP contribution in [0.2, 0.25) is 0 Å². The molecule has 1 saturated heterocycles. The van der Waals surface area contributed by atoms with Crippen molar-refractivity contribution in [2.24, 2.45) is 5.92 Å². The maximum absolute atomic E-state index is 12.3. The highest BCUT2D eigenvalue weighted by molar-refractivity contribution is 5.94. The molecule has 21 heavy (non-hydrogen) atoms. The average molecular weight is 312 g/mol. The van der Waals surface area contributed by atoms with Crippen LogP contribution in [0.25, 0.3) is 0 Å². The van der Waals surface area contributed by atoms with Gasteiger partial charge in [-0.15, -0.1) is 12.4 Å². The zero-order valence-corrected chi connectivity index (χ0v) is 13.2. The summed E-state index contributed by atoms with van der Waals surface area (Å²) in [6.07, 6.45) is 0. The van der Waals surface area contributed by atoms with Crippen molar-refractivity contribution in [3.05, 3.63) is 29.8 Å². The van der Waals surface area contributed by atoms with Crippen molar-refractivity contribution in [3.63, 3.8) is 0 Å². The van der Waals surface area contributed by atoms with E-state index in [-0.39, 0.29) is 30.1 Å². The van der Waals surface area contributed by atoms with Crippen LogP contribution in [0.4, 0.5) is 5.69 Å². The Bertz CT molecular complexity index is 494. The smallest absolute Gasteiger partial charge is 0.253 e. The number of rotatable bonds is 2. The number of halogens is 1. The number of anilines is 1. The molecule has 5 nitrogen and oxygen atoms in total. The van der Waals surface area contributed by atoms with Crippen LogP contribution in [0, 0.1) is 5.92 Å². The second kappa shape index (κ2) is 7.31. The number of piperazine rings is 1. The molecule has 1 aromatic carbocycles. The van der Waals surface area contributed by atoms with Crippen molar-refractivity contribution in [3.8, 4) is 0 Å². The van der Waals surface area contributed by atoms with Gasteiger partial charge in [0.05, 0.1) is 0 Å². The highest BCUT2D eigenvalue weighted by Crippen LogP contribution is 2.12. The molecule has 116 valence electrons. The molecule has 0 radical (unpaired) electrons. The van der Waals surface area contributed by atoms with Crippen molar-refractivity contribution in [2.45, 2.75) is 13.8 Å². The molecular weight excluding hydrogens is 290 g/mol. The minimum Gasteiger partial charge on any atom is -0.399 e. The van der Waals surface area contributed by atoms with Crippen LogP contribution in [0.5, 0.6) is 0 Å². The van der Waals surface area contributed by atoms with Crippen LogP contribution in [0.3, 0.4) is 0 Å². The van der Waals surface area contributed by atoms with Gasteiger partial charge in [0.25, 0.3) is 5.91 Å². The summed E-state index contributed by atoms with van der Waals surface area (Å²) in [5, 5.41) is 0. The fourth-order valence-electron chi connectivity index (χ4n) is 2.30. The number of benzene rings is 1. The van der Waals surface area contributed by atoms with Crippen LogP contribution in [-0.4, -0.2) is 47.8 Å². The molecule has 1 aromatic rings. The third-order valence-corrected chi connectivity index (χ3v) is 3.53. The van der Waals surface area contributed by atoms with Crippen LogP contribution < -0.4 is 5.73 Å². The van der Waals surface area contributed by atoms with Crippen molar-refractivity contribution >= 4 is 29.9 Å². The normalized spacial score (nSPS) is 14.8. The lowest BCUT2D eigenvalue weighted by molar-refractivity contribution is -0.135. The van der Waals surface area contributed by atoms with Crippen molar-refractivity contribution < 1.29 is 9.59 Å². The highest BCUT2D eigenvalue weighted by atomic mass is 35.5. The molecule has 2 N–H and O–H groups in total. The number of amides is 2. The van der Waals surface area contributed by atoms with Crippen molar-refractivity contribution in [1.82, 2.24) is 9.80 Å². The largest absolute Gasteiger partial charge is 0.399 e. The number of hydrogen-bond donors (Lipinski definition) is 1. The third-order valence-electron chi connectivity index (χ3n) is 3.53. The van der Waals surface area contributed by atoms with Crippen LogP contribution in [0.1, 0.15) is 24.2 Å². The molecule has 0 aliphatic carbocycles. The summed E-state index contributed by atoms with van der Waals surface area (Å²) in [5.41, 5.74) is 6.90. The lowest BCUT2D eigenvalue weighted by atomic mass is 10.1. The molecule has 1 aliphatic rings. The molecule has 0 atom stereocenters. The summed E-state index contributed by atoms with van der Waals surface area (Å²) >= 11 is 0. The zero-order chi connectivity index (χ0) is 14.7. The van der Waals surface area contributed by atoms with Crippen molar-refractivity contribution in [1.29, 1.82) is 0 Å². The summed E-state index contributed by atoms with van der Waals surface area (Å²) in [6, 6.07) is 6.93. The Morgan fingerprint density at radius 1 is 1.00 bits per heavy atom. The van der Waals surface area contributed by atoms with Gasteiger partial charge in [0, 0.05) is 43.3 Å². The first kappa shape index (κ1) is 17.3. The zero-order valence-electron chi connectivity index (χ0n) is 12.4.